The van der Waals surface area contributed by atoms with Crippen LogP contribution >= 0.6 is 11.6 Å². The lowest BCUT2D eigenvalue weighted by Gasteiger charge is -2.18. The number of aromatic carboxylic acids is 1. The molecule has 0 spiro atoms. The minimum absolute atomic E-state index is 0.150. The fourth-order valence-corrected chi connectivity index (χ4v) is 4.98. The van der Waals surface area contributed by atoms with Gasteiger partial charge in [-0.05, 0) is 70.8 Å². The van der Waals surface area contributed by atoms with Crippen LogP contribution in [0.4, 0.5) is 5.69 Å². The average Bonchev–Trinajstić information content (AvgIpc) is 3.34. The second kappa shape index (κ2) is 8.83. The van der Waals surface area contributed by atoms with Gasteiger partial charge in [-0.1, -0.05) is 24.4 Å². The van der Waals surface area contributed by atoms with E-state index < -0.39 is 5.97 Å². The van der Waals surface area contributed by atoms with Crippen LogP contribution in [0.3, 0.4) is 0 Å². The van der Waals surface area contributed by atoms with Crippen molar-refractivity contribution in [2.75, 3.05) is 0 Å². The van der Waals surface area contributed by atoms with Crippen molar-refractivity contribution in [3.8, 4) is 16.8 Å². The van der Waals surface area contributed by atoms with E-state index in [1.807, 2.05) is 18.2 Å². The molecule has 2 aliphatic rings. The predicted octanol–water partition coefficient (Wildman–Crippen LogP) is 4.53. The van der Waals surface area contributed by atoms with Crippen LogP contribution in [0.5, 0.6) is 0 Å². The largest absolute Gasteiger partial charge is 0.618 e. The minimum Gasteiger partial charge on any atom is -0.618 e. The molecule has 1 aliphatic heterocycles. The van der Waals surface area contributed by atoms with Gasteiger partial charge < -0.3 is 10.3 Å². The number of rotatable bonds is 7. The van der Waals surface area contributed by atoms with Gasteiger partial charge in [0.05, 0.1) is 22.9 Å². The third-order valence-electron chi connectivity index (χ3n) is 6.80. The zero-order chi connectivity index (χ0) is 24.8. The summed E-state index contributed by atoms with van der Waals surface area (Å²) in [5.74, 6) is -0.547. The number of nitrogens with zero attached hydrogens (tertiary/aromatic N) is 6. The summed E-state index contributed by atoms with van der Waals surface area (Å²) >= 11 is 6.28. The van der Waals surface area contributed by atoms with Crippen LogP contribution < -0.4 is 4.73 Å². The summed E-state index contributed by atoms with van der Waals surface area (Å²) in [6.07, 6.45) is 6.72. The summed E-state index contributed by atoms with van der Waals surface area (Å²) in [7, 11) is 0. The molecule has 1 aliphatic carbocycles. The molecule has 0 saturated heterocycles. The van der Waals surface area contributed by atoms with E-state index in [9.17, 15) is 15.1 Å². The monoisotopic (exact) mass is 500 g/mol. The van der Waals surface area contributed by atoms with Crippen LogP contribution in [0.2, 0.25) is 5.02 Å². The van der Waals surface area contributed by atoms with Gasteiger partial charge in [0.1, 0.15) is 6.33 Å². The number of halogens is 1. The van der Waals surface area contributed by atoms with E-state index in [0.29, 0.717) is 34.3 Å². The van der Waals surface area contributed by atoms with Gasteiger partial charge in [-0.2, -0.15) is 9.41 Å². The standard InChI is InChI=1S/C26H21ClN6O3/c27-19-5-8-24(32-14-28-30-31-32)20(12-19)17-4-7-25(33(36)13-17)21(9-15-1-2-15)23-11-18-10-16(26(34)35)3-6-22(18)29-23/h3-8,10,12-15,21H,1-2,9,11H2,(H,34,35). The van der Waals surface area contributed by atoms with Gasteiger partial charge in [-0.3, -0.25) is 4.99 Å². The molecule has 10 heteroatoms. The molecule has 1 N–H and O–H groups in total. The van der Waals surface area contributed by atoms with Crippen molar-refractivity contribution in [3.05, 3.63) is 88.1 Å². The molecule has 0 bridgehead atoms. The number of aliphatic imine (C=N–C) groups is 1. The topological polar surface area (TPSA) is 120 Å². The molecular weight excluding hydrogens is 480 g/mol. The number of aromatic nitrogens is 5. The number of carboxylic acids is 1. The van der Waals surface area contributed by atoms with Crippen molar-refractivity contribution in [2.45, 2.75) is 31.6 Å². The molecule has 0 radical (unpaired) electrons. The average molecular weight is 501 g/mol. The normalized spacial score (nSPS) is 15.4. The van der Waals surface area contributed by atoms with Gasteiger partial charge in [0, 0.05) is 34.3 Å². The minimum atomic E-state index is -0.962. The van der Waals surface area contributed by atoms with Crippen molar-refractivity contribution in [1.29, 1.82) is 0 Å². The van der Waals surface area contributed by atoms with Crippen LogP contribution in [0.15, 0.2) is 66.0 Å². The van der Waals surface area contributed by atoms with Gasteiger partial charge in [-0.25, -0.2) is 4.79 Å². The van der Waals surface area contributed by atoms with Gasteiger partial charge in [0.15, 0.2) is 6.20 Å². The second-order valence-corrected chi connectivity index (χ2v) is 9.68. The van der Waals surface area contributed by atoms with E-state index >= 15 is 0 Å². The summed E-state index contributed by atoms with van der Waals surface area (Å²) < 4.78 is 2.45. The first-order valence-electron chi connectivity index (χ1n) is 11.7. The fourth-order valence-electron chi connectivity index (χ4n) is 4.81. The number of tetrazole rings is 1. The quantitative estimate of drug-likeness (QED) is 0.294. The molecule has 36 heavy (non-hydrogen) atoms. The molecule has 3 heterocycles. The van der Waals surface area contributed by atoms with Gasteiger partial charge in [-0.15, -0.1) is 5.10 Å². The zero-order valence-electron chi connectivity index (χ0n) is 19.1. The number of pyridine rings is 1. The number of carboxylic acid groups (broad SMARTS) is 1. The molecule has 1 atom stereocenters. The maximum atomic E-state index is 13.4. The van der Waals surface area contributed by atoms with Crippen LogP contribution in [0.25, 0.3) is 16.8 Å². The molecule has 1 fully saturated rings. The van der Waals surface area contributed by atoms with Crippen LogP contribution in [0.1, 0.15) is 46.8 Å². The Morgan fingerprint density at radius 2 is 2.06 bits per heavy atom. The summed E-state index contributed by atoms with van der Waals surface area (Å²) in [6, 6.07) is 14.1. The molecule has 4 aromatic rings. The van der Waals surface area contributed by atoms with Gasteiger partial charge >= 0.3 is 5.97 Å². The van der Waals surface area contributed by atoms with Crippen LogP contribution in [-0.2, 0) is 6.42 Å². The predicted molar refractivity (Wildman–Crippen MR) is 133 cm³/mol. The maximum absolute atomic E-state index is 13.4. The van der Waals surface area contributed by atoms with Crippen molar-refractivity contribution in [3.63, 3.8) is 0 Å². The molecule has 2 aromatic heterocycles. The summed E-state index contributed by atoms with van der Waals surface area (Å²) in [5.41, 5.74) is 5.55. The Labute approximate surface area is 211 Å². The molecule has 1 unspecified atom stereocenters. The van der Waals surface area contributed by atoms with Crippen LogP contribution in [0, 0.1) is 11.1 Å². The van der Waals surface area contributed by atoms with Gasteiger partial charge in [0.25, 0.3) is 0 Å². The Bertz CT molecular complexity index is 1510. The fraction of sp³-hybridized carbons (Fsp3) is 0.231. The van der Waals surface area contributed by atoms with E-state index in [1.165, 1.54) is 11.0 Å². The Kier molecular flexibility index (Phi) is 5.49. The van der Waals surface area contributed by atoms with Crippen molar-refractivity contribution in [1.82, 2.24) is 20.2 Å². The maximum Gasteiger partial charge on any atom is 0.335 e. The molecule has 6 rings (SSSR count). The third kappa shape index (κ3) is 4.22. The van der Waals surface area contributed by atoms with E-state index in [1.54, 1.807) is 36.5 Å². The lowest BCUT2D eigenvalue weighted by Crippen LogP contribution is -2.36. The highest BCUT2D eigenvalue weighted by Gasteiger charge is 2.35. The lowest BCUT2D eigenvalue weighted by molar-refractivity contribution is -0.614. The highest BCUT2D eigenvalue weighted by atomic mass is 35.5. The molecule has 2 aromatic carbocycles. The molecule has 1 saturated carbocycles. The van der Waals surface area contributed by atoms with Gasteiger partial charge in [0.2, 0.25) is 5.69 Å². The van der Waals surface area contributed by atoms with Crippen LogP contribution in [-0.4, -0.2) is 37.0 Å². The number of carbonyl (C=O) groups is 1. The van der Waals surface area contributed by atoms with Crippen molar-refractivity contribution >= 4 is 29.0 Å². The van der Waals surface area contributed by atoms with E-state index in [4.69, 9.17) is 16.6 Å². The first-order chi connectivity index (χ1) is 17.5. The smallest absolute Gasteiger partial charge is 0.335 e. The number of fused-ring (bicyclic) bond motifs is 1. The highest BCUT2D eigenvalue weighted by molar-refractivity contribution is 6.31. The number of hydrogen-bond donors (Lipinski definition) is 1. The molecule has 0 amide bonds. The highest BCUT2D eigenvalue weighted by Crippen LogP contribution is 2.42. The number of benzene rings is 2. The number of hydrogen-bond acceptors (Lipinski definition) is 6. The molecule has 180 valence electrons. The van der Waals surface area contributed by atoms with Crippen molar-refractivity contribution < 1.29 is 14.6 Å². The Morgan fingerprint density at radius 3 is 2.78 bits per heavy atom. The SMILES string of the molecule is O=C(O)c1ccc2c(c1)CC(C(CC1CC1)c1ccc(-c3cc(Cl)ccc3-n3cnnn3)c[n+]1[O-])=N2. The van der Waals surface area contributed by atoms with E-state index in [0.717, 1.165) is 46.5 Å². The van der Waals surface area contributed by atoms with E-state index in [-0.39, 0.29) is 11.5 Å². The Morgan fingerprint density at radius 1 is 1.19 bits per heavy atom. The van der Waals surface area contributed by atoms with E-state index in [2.05, 4.69) is 15.5 Å². The molecular formula is C26H21ClN6O3. The third-order valence-corrected chi connectivity index (χ3v) is 7.03. The Balaban J connectivity index is 1.36. The second-order valence-electron chi connectivity index (χ2n) is 9.24. The van der Waals surface area contributed by atoms with Crippen molar-refractivity contribution in [2.24, 2.45) is 10.9 Å². The summed E-state index contributed by atoms with van der Waals surface area (Å²) in [6.45, 7) is 0. The zero-order valence-corrected chi connectivity index (χ0v) is 19.8. The summed E-state index contributed by atoms with van der Waals surface area (Å²) in [5, 5.41) is 34.7. The summed E-state index contributed by atoms with van der Waals surface area (Å²) in [4.78, 5) is 16.2. The lowest BCUT2D eigenvalue weighted by atomic mass is 9.89. The first kappa shape index (κ1) is 22.4. The Hall–Kier alpha value is -4.11. The first-order valence-corrected chi connectivity index (χ1v) is 12.0. The molecule has 9 nitrogen and oxygen atoms in total.